The normalized spacial score (nSPS) is 23.6. The Morgan fingerprint density at radius 1 is 1.13 bits per heavy atom. The highest BCUT2D eigenvalue weighted by molar-refractivity contribution is 5.23. The molecule has 0 bridgehead atoms. The van der Waals surface area contributed by atoms with Crippen LogP contribution in [-0.4, -0.2) is 29.7 Å². The molecule has 3 rings (SSSR count). The zero-order valence-electron chi connectivity index (χ0n) is 13.5. The first-order valence-corrected chi connectivity index (χ1v) is 8.34. The molecule has 0 saturated carbocycles. The fourth-order valence-electron chi connectivity index (χ4n) is 3.69. The molecule has 1 fully saturated rings. The molecular formula is C20H24FNO. The molecule has 1 saturated heterocycles. The monoisotopic (exact) mass is 313 g/mol. The number of aliphatic hydroxyl groups is 1. The maximum absolute atomic E-state index is 13.1. The zero-order chi connectivity index (χ0) is 16.2. The number of hydrogen-bond donors (Lipinski definition) is 1. The van der Waals surface area contributed by atoms with E-state index in [0.717, 1.165) is 25.1 Å². The Kier molecular flexibility index (Phi) is 5.09. The van der Waals surface area contributed by atoms with E-state index in [9.17, 15) is 9.50 Å². The molecule has 3 heteroatoms. The molecule has 23 heavy (non-hydrogen) atoms. The summed E-state index contributed by atoms with van der Waals surface area (Å²) in [5.41, 5.74) is 2.45. The van der Waals surface area contributed by atoms with Crippen molar-refractivity contribution >= 4 is 0 Å². The van der Waals surface area contributed by atoms with Crippen molar-refractivity contribution in [2.75, 3.05) is 19.7 Å². The lowest BCUT2D eigenvalue weighted by Crippen LogP contribution is -2.42. The van der Waals surface area contributed by atoms with Crippen molar-refractivity contribution in [1.29, 1.82) is 0 Å². The molecule has 0 amide bonds. The zero-order valence-corrected chi connectivity index (χ0v) is 13.5. The van der Waals surface area contributed by atoms with Gasteiger partial charge in [-0.25, -0.2) is 4.39 Å². The summed E-state index contributed by atoms with van der Waals surface area (Å²) in [7, 11) is 0. The number of rotatable bonds is 4. The van der Waals surface area contributed by atoms with Crippen LogP contribution >= 0.6 is 0 Å². The van der Waals surface area contributed by atoms with Crippen molar-refractivity contribution in [2.45, 2.75) is 25.3 Å². The van der Waals surface area contributed by atoms with Gasteiger partial charge in [0.2, 0.25) is 0 Å². The maximum Gasteiger partial charge on any atom is 0.123 e. The van der Waals surface area contributed by atoms with Crippen LogP contribution in [0.25, 0.3) is 0 Å². The van der Waals surface area contributed by atoms with Gasteiger partial charge in [-0.05, 0) is 49.1 Å². The SMILES string of the molecule is C[C@@H](c1ccccc1)N1CC[C@@H](c2ccc(F)cc2)[C@H](CO)C1. The van der Waals surface area contributed by atoms with E-state index in [-0.39, 0.29) is 18.3 Å². The van der Waals surface area contributed by atoms with E-state index >= 15 is 0 Å². The minimum absolute atomic E-state index is 0.167. The van der Waals surface area contributed by atoms with Crippen LogP contribution in [0.4, 0.5) is 4.39 Å². The van der Waals surface area contributed by atoms with Gasteiger partial charge in [-0.1, -0.05) is 42.5 Å². The van der Waals surface area contributed by atoms with E-state index in [1.807, 2.05) is 18.2 Å². The van der Waals surface area contributed by atoms with Crippen molar-refractivity contribution in [1.82, 2.24) is 4.90 Å². The van der Waals surface area contributed by atoms with E-state index in [2.05, 4.69) is 36.1 Å². The maximum atomic E-state index is 13.1. The average molecular weight is 313 g/mol. The van der Waals surface area contributed by atoms with E-state index < -0.39 is 0 Å². The highest BCUT2D eigenvalue weighted by Crippen LogP contribution is 2.36. The van der Waals surface area contributed by atoms with Crippen LogP contribution < -0.4 is 0 Å². The molecule has 2 aromatic rings. The molecule has 0 spiro atoms. The Balaban J connectivity index is 1.72. The Morgan fingerprint density at radius 2 is 1.83 bits per heavy atom. The lowest BCUT2D eigenvalue weighted by Gasteiger charge is -2.41. The van der Waals surface area contributed by atoms with E-state index in [1.54, 1.807) is 0 Å². The van der Waals surface area contributed by atoms with Crippen molar-refractivity contribution in [2.24, 2.45) is 5.92 Å². The van der Waals surface area contributed by atoms with Crippen molar-refractivity contribution < 1.29 is 9.50 Å². The molecule has 2 aromatic carbocycles. The standard InChI is InChI=1S/C20H24FNO/c1-15(16-5-3-2-4-6-16)22-12-11-20(18(13-22)14-23)17-7-9-19(21)10-8-17/h2-10,15,18,20,23H,11-14H2,1H3/t15-,18-,20-/m0/s1. The number of halogens is 1. The Hall–Kier alpha value is -1.71. The second-order valence-corrected chi connectivity index (χ2v) is 6.47. The van der Waals surface area contributed by atoms with Crippen LogP contribution in [-0.2, 0) is 0 Å². The topological polar surface area (TPSA) is 23.5 Å². The number of piperidine rings is 1. The van der Waals surface area contributed by atoms with Crippen molar-refractivity contribution in [3.63, 3.8) is 0 Å². The summed E-state index contributed by atoms with van der Waals surface area (Å²) in [4.78, 5) is 2.44. The highest BCUT2D eigenvalue weighted by atomic mass is 19.1. The van der Waals surface area contributed by atoms with Gasteiger partial charge in [-0.2, -0.15) is 0 Å². The summed E-state index contributed by atoms with van der Waals surface area (Å²) in [6, 6.07) is 17.6. The lowest BCUT2D eigenvalue weighted by molar-refractivity contribution is 0.0771. The van der Waals surface area contributed by atoms with Gasteiger partial charge in [-0.15, -0.1) is 0 Å². The molecule has 0 aromatic heterocycles. The van der Waals surface area contributed by atoms with Crippen LogP contribution in [0.1, 0.15) is 36.4 Å². The minimum Gasteiger partial charge on any atom is -0.396 e. The molecule has 122 valence electrons. The van der Waals surface area contributed by atoms with Crippen LogP contribution in [0, 0.1) is 11.7 Å². The van der Waals surface area contributed by atoms with Gasteiger partial charge in [0.1, 0.15) is 5.82 Å². The van der Waals surface area contributed by atoms with Gasteiger partial charge in [0.25, 0.3) is 0 Å². The largest absolute Gasteiger partial charge is 0.396 e. The van der Waals surface area contributed by atoms with Crippen LogP contribution in [0.15, 0.2) is 54.6 Å². The van der Waals surface area contributed by atoms with Gasteiger partial charge < -0.3 is 5.11 Å². The molecule has 3 atom stereocenters. The summed E-state index contributed by atoms with van der Waals surface area (Å²) in [5.74, 6) is 0.296. The van der Waals surface area contributed by atoms with Gasteiger partial charge in [0, 0.05) is 25.1 Å². The third kappa shape index (κ3) is 3.62. The fourth-order valence-corrected chi connectivity index (χ4v) is 3.69. The molecule has 0 radical (unpaired) electrons. The molecule has 0 aliphatic carbocycles. The molecule has 1 aliphatic rings. The quantitative estimate of drug-likeness (QED) is 0.923. The summed E-state index contributed by atoms with van der Waals surface area (Å²) < 4.78 is 13.1. The van der Waals surface area contributed by atoms with E-state index in [0.29, 0.717) is 12.0 Å². The summed E-state index contributed by atoms with van der Waals surface area (Å²) in [6.07, 6.45) is 0.994. The predicted octanol–water partition coefficient (Wildman–Crippen LogP) is 3.98. The average Bonchev–Trinajstić information content (AvgIpc) is 2.62. The number of nitrogens with zero attached hydrogens (tertiary/aromatic N) is 1. The van der Waals surface area contributed by atoms with Crippen molar-refractivity contribution in [3.8, 4) is 0 Å². The Labute approximate surface area is 137 Å². The number of aliphatic hydroxyl groups excluding tert-OH is 1. The number of likely N-dealkylation sites (tertiary alicyclic amines) is 1. The first-order chi connectivity index (χ1) is 11.2. The van der Waals surface area contributed by atoms with Gasteiger partial charge in [0.15, 0.2) is 0 Å². The molecular weight excluding hydrogens is 289 g/mol. The summed E-state index contributed by atoms with van der Waals surface area (Å²) in [6.45, 7) is 4.26. The Morgan fingerprint density at radius 3 is 2.48 bits per heavy atom. The van der Waals surface area contributed by atoms with E-state index in [4.69, 9.17) is 0 Å². The predicted molar refractivity (Wildman–Crippen MR) is 90.8 cm³/mol. The molecule has 2 nitrogen and oxygen atoms in total. The number of benzene rings is 2. The fraction of sp³-hybridized carbons (Fsp3) is 0.400. The van der Waals surface area contributed by atoms with Gasteiger partial charge in [-0.3, -0.25) is 4.90 Å². The summed E-state index contributed by atoms with van der Waals surface area (Å²) in [5, 5.41) is 9.85. The molecule has 1 heterocycles. The van der Waals surface area contributed by atoms with Gasteiger partial charge in [0.05, 0.1) is 0 Å². The highest BCUT2D eigenvalue weighted by Gasteiger charge is 2.32. The first kappa shape index (κ1) is 16.2. The second kappa shape index (κ2) is 7.24. The third-order valence-corrected chi connectivity index (χ3v) is 5.13. The Bertz CT molecular complexity index is 613. The van der Waals surface area contributed by atoms with Crippen LogP contribution in [0.2, 0.25) is 0 Å². The second-order valence-electron chi connectivity index (χ2n) is 6.47. The van der Waals surface area contributed by atoms with Crippen molar-refractivity contribution in [3.05, 3.63) is 71.5 Å². The van der Waals surface area contributed by atoms with Crippen LogP contribution in [0.5, 0.6) is 0 Å². The first-order valence-electron chi connectivity index (χ1n) is 8.34. The van der Waals surface area contributed by atoms with E-state index in [1.165, 1.54) is 17.7 Å². The minimum atomic E-state index is -0.204. The summed E-state index contributed by atoms with van der Waals surface area (Å²) >= 11 is 0. The third-order valence-electron chi connectivity index (χ3n) is 5.13. The van der Waals surface area contributed by atoms with Gasteiger partial charge >= 0.3 is 0 Å². The smallest absolute Gasteiger partial charge is 0.123 e. The number of hydrogen-bond acceptors (Lipinski definition) is 2. The molecule has 1 aliphatic heterocycles. The lowest BCUT2D eigenvalue weighted by atomic mass is 9.80. The molecule has 1 N–H and O–H groups in total. The molecule has 0 unspecified atom stereocenters. The van der Waals surface area contributed by atoms with Crippen LogP contribution in [0.3, 0.4) is 0 Å².